The number of nitrogens with one attached hydrogen (secondary N) is 1. The molecule has 7 nitrogen and oxygen atoms in total. The maximum Gasteiger partial charge on any atom is 0.322 e. The third kappa shape index (κ3) is 6.24. The number of carbonyl (C=O) groups excluding carboxylic acids is 2. The number of aromatic nitrogens is 1. The van der Waals surface area contributed by atoms with Crippen LogP contribution in [0.25, 0.3) is 0 Å². The lowest BCUT2D eigenvalue weighted by Gasteiger charge is -2.34. The van der Waals surface area contributed by atoms with Crippen LogP contribution in [0.2, 0.25) is 0 Å². The Morgan fingerprint density at radius 3 is 2.36 bits per heavy atom. The fourth-order valence-electron chi connectivity index (χ4n) is 4.77. The second-order valence-electron chi connectivity index (χ2n) is 9.21. The highest BCUT2D eigenvalue weighted by molar-refractivity contribution is 5.95. The maximum atomic E-state index is 13.0. The molecule has 1 N–H and O–H groups in total. The lowest BCUT2D eigenvalue weighted by atomic mass is 9.87. The van der Waals surface area contributed by atoms with Crippen LogP contribution in [0.1, 0.15) is 48.9 Å². The van der Waals surface area contributed by atoms with Gasteiger partial charge in [0.1, 0.15) is 0 Å². The molecule has 2 aromatic rings. The van der Waals surface area contributed by atoms with Gasteiger partial charge in [-0.2, -0.15) is 0 Å². The van der Waals surface area contributed by atoms with Crippen molar-refractivity contribution in [2.45, 2.75) is 38.5 Å². The summed E-state index contributed by atoms with van der Waals surface area (Å²) in [4.78, 5) is 35.3. The number of nitrogens with zero attached hydrogens (tertiary/aromatic N) is 4. The van der Waals surface area contributed by atoms with Crippen LogP contribution in [0.5, 0.6) is 0 Å². The molecule has 2 fully saturated rings. The van der Waals surface area contributed by atoms with E-state index in [0.717, 1.165) is 18.2 Å². The lowest BCUT2D eigenvalue weighted by molar-refractivity contribution is 0.0671. The summed E-state index contributed by atoms with van der Waals surface area (Å²) in [6, 6.07) is 11.4. The summed E-state index contributed by atoms with van der Waals surface area (Å²) in [5.74, 6) is 0.894. The highest BCUT2D eigenvalue weighted by Crippen LogP contribution is 2.27. The van der Waals surface area contributed by atoms with E-state index in [1.165, 1.54) is 38.5 Å². The quantitative estimate of drug-likeness (QED) is 0.706. The Labute approximate surface area is 196 Å². The van der Waals surface area contributed by atoms with Crippen molar-refractivity contribution in [2.24, 2.45) is 5.92 Å². The highest BCUT2D eigenvalue weighted by atomic mass is 16.2. The zero-order chi connectivity index (χ0) is 23.0. The number of carbonyl (C=O) groups is 2. The summed E-state index contributed by atoms with van der Waals surface area (Å²) in [6.07, 6.45) is 11.4. The zero-order valence-corrected chi connectivity index (χ0v) is 19.6. The monoisotopic (exact) mass is 449 g/mol. The predicted octanol–water partition coefficient (Wildman–Crippen LogP) is 4.48. The van der Waals surface area contributed by atoms with Crippen molar-refractivity contribution in [1.82, 2.24) is 14.8 Å². The average Bonchev–Trinajstić information content (AvgIpc) is 2.88. The van der Waals surface area contributed by atoms with E-state index in [-0.39, 0.29) is 11.9 Å². The Morgan fingerprint density at radius 1 is 1.00 bits per heavy atom. The number of pyridine rings is 1. The molecule has 3 amide bonds. The van der Waals surface area contributed by atoms with Gasteiger partial charge in [-0.3, -0.25) is 9.78 Å². The zero-order valence-electron chi connectivity index (χ0n) is 19.6. The first-order chi connectivity index (χ1) is 16.1. The number of piperazine rings is 1. The van der Waals surface area contributed by atoms with Gasteiger partial charge < -0.3 is 20.0 Å². The van der Waals surface area contributed by atoms with Gasteiger partial charge in [0.15, 0.2) is 0 Å². The molecular weight excluding hydrogens is 414 g/mol. The number of rotatable bonds is 6. The molecule has 1 aliphatic carbocycles. The van der Waals surface area contributed by atoms with Gasteiger partial charge in [-0.25, -0.2) is 4.79 Å². The van der Waals surface area contributed by atoms with E-state index in [2.05, 4.69) is 22.2 Å². The van der Waals surface area contributed by atoms with Gasteiger partial charge >= 0.3 is 6.03 Å². The molecule has 33 heavy (non-hydrogen) atoms. The molecule has 0 unspecified atom stereocenters. The van der Waals surface area contributed by atoms with Crippen molar-refractivity contribution in [2.75, 3.05) is 50.0 Å². The van der Waals surface area contributed by atoms with Gasteiger partial charge in [-0.1, -0.05) is 32.1 Å². The topological polar surface area (TPSA) is 68.8 Å². The molecule has 7 heteroatoms. The fraction of sp³-hybridized carbons (Fsp3) is 0.500. The SMILES string of the molecule is CN(CCC1CCCCC1)c1ccc(C(=O)N2CCN(C(=O)Nc3cccnc3)CC2)cc1. The normalized spacial score (nSPS) is 17.0. The summed E-state index contributed by atoms with van der Waals surface area (Å²) in [5.41, 5.74) is 2.52. The Hall–Kier alpha value is -3.09. The lowest BCUT2D eigenvalue weighted by Crippen LogP contribution is -2.51. The van der Waals surface area contributed by atoms with Crippen molar-refractivity contribution in [3.63, 3.8) is 0 Å². The number of hydrogen-bond donors (Lipinski definition) is 1. The Kier molecular flexibility index (Phi) is 7.81. The van der Waals surface area contributed by atoms with Gasteiger partial charge in [-0.05, 0) is 48.7 Å². The second-order valence-corrected chi connectivity index (χ2v) is 9.21. The van der Waals surface area contributed by atoms with Crippen LogP contribution in [-0.2, 0) is 0 Å². The van der Waals surface area contributed by atoms with Crippen LogP contribution >= 0.6 is 0 Å². The third-order valence-corrected chi connectivity index (χ3v) is 6.92. The molecule has 1 saturated carbocycles. The minimum absolute atomic E-state index is 0.0266. The number of hydrogen-bond acceptors (Lipinski definition) is 4. The van der Waals surface area contributed by atoms with Crippen LogP contribution in [0.3, 0.4) is 0 Å². The van der Waals surface area contributed by atoms with Crippen molar-refractivity contribution >= 4 is 23.3 Å². The van der Waals surface area contributed by atoms with Gasteiger partial charge in [0.25, 0.3) is 5.91 Å². The first kappa shape index (κ1) is 23.1. The van der Waals surface area contributed by atoms with Crippen LogP contribution in [0.4, 0.5) is 16.2 Å². The Bertz CT molecular complexity index is 904. The van der Waals surface area contributed by atoms with Crippen LogP contribution < -0.4 is 10.2 Å². The van der Waals surface area contributed by atoms with Crippen molar-refractivity contribution in [1.29, 1.82) is 0 Å². The molecule has 2 aliphatic rings. The molecule has 0 bridgehead atoms. The van der Waals surface area contributed by atoms with Crippen LogP contribution in [0, 0.1) is 5.92 Å². The molecule has 4 rings (SSSR count). The number of amides is 3. The molecule has 0 radical (unpaired) electrons. The molecule has 0 spiro atoms. The molecule has 1 aromatic heterocycles. The summed E-state index contributed by atoms with van der Waals surface area (Å²) in [6.45, 7) is 3.14. The largest absolute Gasteiger partial charge is 0.375 e. The van der Waals surface area contributed by atoms with E-state index in [9.17, 15) is 9.59 Å². The number of anilines is 2. The second kappa shape index (κ2) is 11.2. The van der Waals surface area contributed by atoms with Gasteiger partial charge in [0.2, 0.25) is 0 Å². The maximum absolute atomic E-state index is 13.0. The molecule has 1 aromatic carbocycles. The first-order valence-corrected chi connectivity index (χ1v) is 12.2. The van der Waals surface area contributed by atoms with Crippen LogP contribution in [0.15, 0.2) is 48.8 Å². The standard InChI is InChI=1S/C26H35N5O2/c1-29(15-13-21-6-3-2-4-7-21)24-11-9-22(10-12-24)25(32)30-16-18-31(19-17-30)26(33)28-23-8-5-14-27-20-23/h5,8-12,14,20-21H,2-4,6-7,13,15-19H2,1H3,(H,28,33). The van der Waals surface area contributed by atoms with Crippen molar-refractivity contribution in [3.05, 3.63) is 54.4 Å². The summed E-state index contributed by atoms with van der Waals surface area (Å²) < 4.78 is 0. The fourth-order valence-corrected chi connectivity index (χ4v) is 4.77. The van der Waals surface area contributed by atoms with Crippen molar-refractivity contribution < 1.29 is 9.59 Å². The van der Waals surface area contributed by atoms with E-state index in [4.69, 9.17) is 0 Å². The smallest absolute Gasteiger partial charge is 0.322 e. The molecule has 0 atom stereocenters. The summed E-state index contributed by atoms with van der Waals surface area (Å²) in [7, 11) is 2.13. The highest BCUT2D eigenvalue weighted by Gasteiger charge is 2.25. The van der Waals surface area contributed by atoms with Crippen LogP contribution in [-0.4, -0.2) is 66.5 Å². The van der Waals surface area contributed by atoms with Gasteiger partial charge in [-0.15, -0.1) is 0 Å². The van der Waals surface area contributed by atoms with E-state index in [1.54, 1.807) is 23.4 Å². The molecule has 1 saturated heterocycles. The number of benzene rings is 1. The molecule has 2 heterocycles. The summed E-state index contributed by atoms with van der Waals surface area (Å²) >= 11 is 0. The minimum Gasteiger partial charge on any atom is -0.375 e. The van der Waals surface area contributed by atoms with E-state index in [0.29, 0.717) is 37.4 Å². The molecular formula is C26H35N5O2. The Balaban J connectivity index is 1.24. The minimum atomic E-state index is -0.157. The molecule has 1 aliphatic heterocycles. The summed E-state index contributed by atoms with van der Waals surface area (Å²) in [5, 5.41) is 2.85. The van der Waals surface area contributed by atoms with E-state index >= 15 is 0 Å². The predicted molar refractivity (Wildman–Crippen MR) is 132 cm³/mol. The third-order valence-electron chi connectivity index (χ3n) is 6.92. The Morgan fingerprint density at radius 2 is 1.70 bits per heavy atom. The number of urea groups is 1. The van der Waals surface area contributed by atoms with Gasteiger partial charge in [0.05, 0.1) is 11.9 Å². The van der Waals surface area contributed by atoms with Crippen molar-refractivity contribution in [3.8, 4) is 0 Å². The first-order valence-electron chi connectivity index (χ1n) is 12.2. The van der Waals surface area contributed by atoms with E-state index in [1.807, 2.05) is 35.2 Å². The van der Waals surface area contributed by atoms with Gasteiger partial charge in [0, 0.05) is 57.2 Å². The average molecular weight is 450 g/mol. The molecule has 176 valence electrons. The van der Waals surface area contributed by atoms with E-state index < -0.39 is 0 Å².